The van der Waals surface area contributed by atoms with E-state index < -0.39 is 5.97 Å². The number of carbonyl (C=O) groups is 1. The third-order valence-corrected chi connectivity index (χ3v) is 2.95. The van der Waals surface area contributed by atoms with Gasteiger partial charge in [-0.3, -0.25) is 4.98 Å². The Labute approximate surface area is 114 Å². The summed E-state index contributed by atoms with van der Waals surface area (Å²) in [6.07, 6.45) is 5.18. The normalized spacial score (nSPS) is 10.6. The number of aromatic nitrogens is 3. The number of rotatable bonds is 4. The van der Waals surface area contributed by atoms with E-state index in [1.165, 1.54) is 0 Å². The summed E-state index contributed by atoms with van der Waals surface area (Å²) in [6.45, 7) is 0.433. The second kappa shape index (κ2) is 5.00. The number of hydrogen-bond acceptors (Lipinski definition) is 4. The van der Waals surface area contributed by atoms with Crippen molar-refractivity contribution in [1.82, 2.24) is 14.4 Å². The summed E-state index contributed by atoms with van der Waals surface area (Å²) in [5.41, 5.74) is 1.56. The maximum atomic E-state index is 11.2. The van der Waals surface area contributed by atoms with Crippen LogP contribution in [0.2, 0.25) is 0 Å². The minimum Gasteiger partial charge on any atom is -0.476 e. The van der Waals surface area contributed by atoms with Gasteiger partial charge in [-0.05, 0) is 24.3 Å². The molecule has 0 radical (unpaired) electrons. The molecule has 20 heavy (non-hydrogen) atoms. The monoisotopic (exact) mass is 268 g/mol. The van der Waals surface area contributed by atoms with Crippen LogP contribution < -0.4 is 5.32 Å². The minimum atomic E-state index is -1.02. The zero-order chi connectivity index (χ0) is 13.9. The molecular weight excluding hydrogens is 256 g/mol. The standard InChI is InChI=1S/C14H12N4O2/c19-14(20)13-11-3-1-2-8-18(11)12(17-13)9-16-10-4-6-15-7-5-10/h1-8H,9H2,(H,15,16)(H,19,20). The van der Waals surface area contributed by atoms with Gasteiger partial charge in [0.15, 0.2) is 5.69 Å². The Hall–Kier alpha value is -2.89. The van der Waals surface area contributed by atoms with Gasteiger partial charge in [0.2, 0.25) is 0 Å². The van der Waals surface area contributed by atoms with Crippen LogP contribution in [0.5, 0.6) is 0 Å². The van der Waals surface area contributed by atoms with Gasteiger partial charge in [-0.1, -0.05) is 6.07 Å². The molecule has 0 bridgehead atoms. The number of anilines is 1. The Morgan fingerprint density at radius 1 is 1.25 bits per heavy atom. The average Bonchev–Trinajstić information content (AvgIpc) is 2.85. The Balaban J connectivity index is 1.94. The summed E-state index contributed by atoms with van der Waals surface area (Å²) in [7, 11) is 0. The molecule has 0 aliphatic rings. The number of imidazole rings is 1. The molecule has 6 nitrogen and oxygen atoms in total. The zero-order valence-corrected chi connectivity index (χ0v) is 10.5. The highest BCUT2D eigenvalue weighted by Gasteiger charge is 2.15. The van der Waals surface area contributed by atoms with E-state index in [2.05, 4.69) is 15.3 Å². The maximum absolute atomic E-state index is 11.2. The highest BCUT2D eigenvalue weighted by Crippen LogP contribution is 2.14. The molecule has 0 aliphatic heterocycles. The number of fused-ring (bicyclic) bond motifs is 1. The number of aromatic carboxylic acids is 1. The summed E-state index contributed by atoms with van der Waals surface area (Å²) in [5.74, 6) is -0.376. The molecule has 0 saturated carbocycles. The molecule has 0 spiro atoms. The first-order valence-electron chi connectivity index (χ1n) is 6.09. The van der Waals surface area contributed by atoms with Crippen molar-refractivity contribution in [2.45, 2.75) is 6.54 Å². The summed E-state index contributed by atoms with van der Waals surface area (Å²) >= 11 is 0. The van der Waals surface area contributed by atoms with Crippen LogP contribution in [0.25, 0.3) is 5.52 Å². The number of nitrogens with zero attached hydrogens (tertiary/aromatic N) is 3. The van der Waals surface area contributed by atoms with Gasteiger partial charge in [0.1, 0.15) is 5.82 Å². The molecule has 0 unspecified atom stereocenters. The molecule has 100 valence electrons. The van der Waals surface area contributed by atoms with Gasteiger partial charge in [-0.15, -0.1) is 0 Å². The van der Waals surface area contributed by atoms with E-state index in [-0.39, 0.29) is 5.69 Å². The number of carboxylic acid groups (broad SMARTS) is 1. The van der Waals surface area contributed by atoms with E-state index in [1.54, 1.807) is 35.1 Å². The van der Waals surface area contributed by atoms with E-state index >= 15 is 0 Å². The average molecular weight is 268 g/mol. The topological polar surface area (TPSA) is 79.5 Å². The van der Waals surface area contributed by atoms with Crippen molar-refractivity contribution in [2.24, 2.45) is 0 Å². The van der Waals surface area contributed by atoms with Gasteiger partial charge < -0.3 is 14.8 Å². The zero-order valence-electron chi connectivity index (χ0n) is 10.5. The second-order valence-electron chi connectivity index (χ2n) is 4.23. The summed E-state index contributed by atoms with van der Waals surface area (Å²) in [4.78, 5) is 19.3. The molecule has 0 atom stereocenters. The lowest BCUT2D eigenvalue weighted by Crippen LogP contribution is -2.04. The third-order valence-electron chi connectivity index (χ3n) is 2.95. The summed E-state index contributed by atoms with van der Waals surface area (Å²) in [6, 6.07) is 9.06. The van der Waals surface area contributed by atoms with Crippen LogP contribution in [0, 0.1) is 0 Å². The first kappa shape index (κ1) is 12.2. The van der Waals surface area contributed by atoms with E-state index in [0.717, 1.165) is 5.69 Å². The van der Waals surface area contributed by atoms with Gasteiger partial charge in [0.05, 0.1) is 12.1 Å². The lowest BCUT2D eigenvalue weighted by atomic mass is 10.3. The molecular formula is C14H12N4O2. The third kappa shape index (κ3) is 2.18. The van der Waals surface area contributed by atoms with Crippen LogP contribution in [-0.4, -0.2) is 25.4 Å². The smallest absolute Gasteiger partial charge is 0.356 e. The Bertz CT molecular complexity index is 752. The highest BCUT2D eigenvalue weighted by molar-refractivity contribution is 5.93. The van der Waals surface area contributed by atoms with Gasteiger partial charge in [0.25, 0.3) is 0 Å². The van der Waals surface area contributed by atoms with Crippen LogP contribution >= 0.6 is 0 Å². The fourth-order valence-corrected chi connectivity index (χ4v) is 2.03. The number of hydrogen-bond donors (Lipinski definition) is 2. The maximum Gasteiger partial charge on any atom is 0.356 e. The molecule has 0 amide bonds. The molecule has 3 heterocycles. The predicted molar refractivity (Wildman–Crippen MR) is 73.7 cm³/mol. The van der Waals surface area contributed by atoms with Crippen molar-refractivity contribution in [3.05, 3.63) is 60.4 Å². The van der Waals surface area contributed by atoms with Crippen molar-refractivity contribution in [3.8, 4) is 0 Å². The molecule has 6 heteroatoms. The largest absolute Gasteiger partial charge is 0.476 e. The van der Waals surface area contributed by atoms with Gasteiger partial charge >= 0.3 is 5.97 Å². The first-order valence-corrected chi connectivity index (χ1v) is 6.09. The highest BCUT2D eigenvalue weighted by atomic mass is 16.4. The van der Waals surface area contributed by atoms with Crippen LogP contribution in [0.1, 0.15) is 16.3 Å². The van der Waals surface area contributed by atoms with Crippen molar-refractivity contribution in [3.63, 3.8) is 0 Å². The van der Waals surface area contributed by atoms with Gasteiger partial charge in [-0.25, -0.2) is 9.78 Å². The quantitative estimate of drug-likeness (QED) is 0.757. The first-order chi connectivity index (χ1) is 9.75. The van der Waals surface area contributed by atoms with E-state index in [1.807, 2.05) is 18.2 Å². The molecule has 0 saturated heterocycles. The molecule has 0 fully saturated rings. The van der Waals surface area contributed by atoms with Crippen LogP contribution in [0.3, 0.4) is 0 Å². The summed E-state index contributed by atoms with van der Waals surface area (Å²) < 4.78 is 1.78. The number of nitrogens with one attached hydrogen (secondary N) is 1. The molecule has 2 N–H and O–H groups in total. The molecule has 3 aromatic heterocycles. The van der Waals surface area contributed by atoms with Crippen molar-refractivity contribution in [2.75, 3.05) is 5.32 Å². The second-order valence-corrected chi connectivity index (χ2v) is 4.23. The Morgan fingerprint density at radius 3 is 2.80 bits per heavy atom. The molecule has 3 aromatic rings. The number of pyridine rings is 2. The van der Waals surface area contributed by atoms with E-state index in [9.17, 15) is 9.90 Å². The Kier molecular flexibility index (Phi) is 3.04. The van der Waals surface area contributed by atoms with Crippen molar-refractivity contribution in [1.29, 1.82) is 0 Å². The molecule has 3 rings (SSSR count). The van der Waals surface area contributed by atoms with Crippen LogP contribution in [0.4, 0.5) is 5.69 Å². The van der Waals surface area contributed by atoms with E-state index in [0.29, 0.717) is 17.9 Å². The van der Waals surface area contributed by atoms with Crippen molar-refractivity contribution < 1.29 is 9.90 Å². The fraction of sp³-hybridized carbons (Fsp3) is 0.0714. The van der Waals surface area contributed by atoms with Crippen LogP contribution in [-0.2, 0) is 6.54 Å². The SMILES string of the molecule is O=C(O)c1nc(CNc2ccncc2)n2ccccc12. The summed E-state index contributed by atoms with van der Waals surface area (Å²) in [5, 5.41) is 12.4. The Morgan fingerprint density at radius 2 is 2.05 bits per heavy atom. The molecule has 0 aromatic carbocycles. The number of carboxylic acids is 1. The lowest BCUT2D eigenvalue weighted by Gasteiger charge is -2.04. The van der Waals surface area contributed by atoms with E-state index in [4.69, 9.17) is 0 Å². The predicted octanol–water partition coefficient (Wildman–Crippen LogP) is 2.04. The lowest BCUT2D eigenvalue weighted by molar-refractivity contribution is 0.0693. The minimum absolute atomic E-state index is 0.0668. The van der Waals surface area contributed by atoms with Crippen molar-refractivity contribution >= 4 is 17.2 Å². The molecule has 0 aliphatic carbocycles. The van der Waals surface area contributed by atoms with Crippen LogP contribution in [0.15, 0.2) is 48.9 Å². The fourth-order valence-electron chi connectivity index (χ4n) is 2.03. The van der Waals surface area contributed by atoms with Gasteiger partial charge in [-0.2, -0.15) is 0 Å². The van der Waals surface area contributed by atoms with Gasteiger partial charge in [0, 0.05) is 24.3 Å².